The summed E-state index contributed by atoms with van der Waals surface area (Å²) in [5.74, 6) is 0.273. The molecule has 0 radical (unpaired) electrons. The molecule has 0 spiro atoms. The lowest BCUT2D eigenvalue weighted by molar-refractivity contribution is -0.788. The number of thiazole rings is 1. The molecular formula is C22H28FN4OS+. The van der Waals surface area contributed by atoms with Crippen LogP contribution in [-0.2, 0) is 0 Å². The molecule has 2 aliphatic rings. The first kappa shape index (κ1) is 20.0. The monoisotopic (exact) mass is 415 g/mol. The van der Waals surface area contributed by atoms with E-state index in [-0.39, 0.29) is 28.7 Å². The molecule has 0 aliphatic carbocycles. The highest BCUT2D eigenvalue weighted by Crippen LogP contribution is 2.36. The van der Waals surface area contributed by atoms with E-state index >= 15 is 0 Å². The third kappa shape index (κ3) is 3.94. The standard InChI is InChI=1S/C22H27FN4OS/c1-21(2)9-15(10-22(3,4)26-21)27-11-17(28)18(19(27)24)20-25-16(12-29-20)13-5-7-14(23)8-6-13/h5-8,12,15,24,26,28H,9-11H2,1-4H3/p+1. The van der Waals surface area contributed by atoms with E-state index in [4.69, 9.17) is 5.41 Å². The quantitative estimate of drug-likeness (QED) is 0.714. The second-order valence-corrected chi connectivity index (χ2v) is 10.4. The van der Waals surface area contributed by atoms with E-state index < -0.39 is 0 Å². The molecule has 1 saturated heterocycles. The number of hydrogen-bond acceptors (Lipinski definition) is 4. The van der Waals surface area contributed by atoms with Crippen molar-refractivity contribution in [2.45, 2.75) is 57.7 Å². The van der Waals surface area contributed by atoms with Crippen LogP contribution in [0.1, 0.15) is 45.5 Å². The van der Waals surface area contributed by atoms with E-state index in [1.54, 1.807) is 12.1 Å². The number of aliphatic hydroxyl groups is 1. The molecule has 2 aliphatic heterocycles. The summed E-state index contributed by atoms with van der Waals surface area (Å²) in [7, 11) is 0. The zero-order chi connectivity index (χ0) is 21.0. The number of nitrogens with one attached hydrogen (secondary N) is 1. The first-order valence-corrected chi connectivity index (χ1v) is 10.8. The highest BCUT2D eigenvalue weighted by Gasteiger charge is 2.46. The lowest BCUT2D eigenvalue weighted by Gasteiger charge is -2.46. The van der Waals surface area contributed by atoms with Crippen LogP contribution in [0.25, 0.3) is 16.8 Å². The Kier molecular flexibility index (Phi) is 4.78. The number of rotatable bonds is 3. The number of halogens is 1. The maximum absolute atomic E-state index is 13.2. The van der Waals surface area contributed by atoms with Gasteiger partial charge in [-0.15, -0.1) is 11.3 Å². The Morgan fingerprint density at radius 1 is 1.17 bits per heavy atom. The number of amidine groups is 1. The lowest BCUT2D eigenvalue weighted by Crippen LogP contribution is -3.06. The Morgan fingerprint density at radius 3 is 2.41 bits per heavy atom. The minimum atomic E-state index is -0.284. The summed E-state index contributed by atoms with van der Waals surface area (Å²) in [4.78, 5) is 6.66. The van der Waals surface area contributed by atoms with Gasteiger partial charge in [-0.05, 0) is 52.0 Å². The second kappa shape index (κ2) is 6.92. The first-order chi connectivity index (χ1) is 13.5. The Bertz CT molecular complexity index is 961. The molecule has 1 fully saturated rings. The maximum atomic E-state index is 13.2. The van der Waals surface area contributed by atoms with Crippen LogP contribution in [0.4, 0.5) is 4.39 Å². The normalized spacial score (nSPS) is 21.8. The van der Waals surface area contributed by atoms with Crippen LogP contribution < -0.4 is 5.32 Å². The van der Waals surface area contributed by atoms with Gasteiger partial charge in [-0.25, -0.2) is 9.37 Å². The van der Waals surface area contributed by atoms with Crippen molar-refractivity contribution in [2.24, 2.45) is 0 Å². The molecule has 5 nitrogen and oxygen atoms in total. The summed E-state index contributed by atoms with van der Waals surface area (Å²) in [6.07, 6.45) is 1.91. The maximum Gasteiger partial charge on any atom is 0.135 e. The molecule has 0 saturated carbocycles. The third-order valence-electron chi connectivity index (χ3n) is 5.74. The number of nitrogens with two attached hydrogens (primary N) is 1. The molecule has 29 heavy (non-hydrogen) atoms. The molecule has 1 aromatic carbocycles. The van der Waals surface area contributed by atoms with Gasteiger partial charge in [-0.3, -0.25) is 5.41 Å². The van der Waals surface area contributed by atoms with E-state index in [1.807, 2.05) is 10.3 Å². The van der Waals surface area contributed by atoms with Gasteiger partial charge in [0.1, 0.15) is 22.4 Å². The molecule has 0 bridgehead atoms. The Labute approximate surface area is 174 Å². The zero-order valence-electron chi connectivity index (χ0n) is 17.3. The van der Waals surface area contributed by atoms with Gasteiger partial charge in [0.25, 0.3) is 0 Å². The molecule has 1 aromatic heterocycles. The van der Waals surface area contributed by atoms with Crippen molar-refractivity contribution in [3.05, 3.63) is 46.2 Å². The van der Waals surface area contributed by atoms with Crippen molar-refractivity contribution in [3.63, 3.8) is 0 Å². The number of quaternary nitrogens is 1. The molecule has 0 unspecified atom stereocenters. The Morgan fingerprint density at radius 2 is 1.79 bits per heavy atom. The summed E-state index contributed by atoms with van der Waals surface area (Å²) < 4.78 is 13.2. The van der Waals surface area contributed by atoms with Gasteiger partial charge in [-0.2, -0.15) is 0 Å². The molecule has 4 rings (SSSR count). The van der Waals surface area contributed by atoms with Crippen LogP contribution >= 0.6 is 11.3 Å². The van der Waals surface area contributed by atoms with Gasteiger partial charge in [0.05, 0.1) is 28.9 Å². The van der Waals surface area contributed by atoms with Crippen molar-refractivity contribution in [2.75, 3.05) is 6.54 Å². The van der Waals surface area contributed by atoms with Crippen LogP contribution in [-0.4, -0.2) is 44.5 Å². The van der Waals surface area contributed by atoms with Crippen molar-refractivity contribution < 1.29 is 14.8 Å². The predicted molar refractivity (Wildman–Crippen MR) is 115 cm³/mol. The minimum absolute atomic E-state index is 0.0853. The SMILES string of the molecule is CC1(C)CC(N2CC(O)=C(c3nc(-c4ccc(F)cc4)cs3)C2=N)CC(C)(C)[NH2+]1. The smallest absolute Gasteiger partial charge is 0.135 e. The van der Waals surface area contributed by atoms with Crippen LogP contribution in [0.5, 0.6) is 0 Å². The fraction of sp³-hybridized carbons (Fsp3) is 0.455. The highest BCUT2D eigenvalue weighted by atomic mass is 32.1. The summed E-state index contributed by atoms with van der Waals surface area (Å²) in [5.41, 5.74) is 2.24. The van der Waals surface area contributed by atoms with Gasteiger partial charge in [-0.1, -0.05) is 0 Å². The lowest BCUT2D eigenvalue weighted by atomic mass is 9.79. The molecule has 0 atom stereocenters. The molecule has 7 heteroatoms. The molecule has 0 amide bonds. The Hall–Kier alpha value is -2.25. The van der Waals surface area contributed by atoms with Crippen LogP contribution in [0.3, 0.4) is 0 Å². The molecule has 4 N–H and O–H groups in total. The Balaban J connectivity index is 1.58. The number of hydrogen-bond donors (Lipinski definition) is 3. The minimum Gasteiger partial charge on any atom is -0.510 e. The number of benzene rings is 1. The molecular weight excluding hydrogens is 387 g/mol. The van der Waals surface area contributed by atoms with Crippen molar-refractivity contribution in [1.29, 1.82) is 5.41 Å². The largest absolute Gasteiger partial charge is 0.510 e. The number of piperidine rings is 1. The number of aromatic nitrogens is 1. The summed E-state index contributed by atoms with van der Waals surface area (Å²) >= 11 is 1.41. The highest BCUT2D eigenvalue weighted by molar-refractivity contribution is 7.11. The summed E-state index contributed by atoms with van der Waals surface area (Å²) in [6.45, 7) is 9.32. The van der Waals surface area contributed by atoms with E-state index in [0.29, 0.717) is 23.0 Å². The average Bonchev–Trinajstić information content (AvgIpc) is 3.17. The van der Waals surface area contributed by atoms with Crippen molar-refractivity contribution in [1.82, 2.24) is 9.88 Å². The number of aliphatic hydroxyl groups excluding tert-OH is 1. The van der Waals surface area contributed by atoms with Crippen molar-refractivity contribution in [3.8, 4) is 11.3 Å². The van der Waals surface area contributed by atoms with Gasteiger partial charge in [0, 0.05) is 29.8 Å². The topological polar surface area (TPSA) is 76.8 Å². The van der Waals surface area contributed by atoms with Gasteiger partial charge < -0.3 is 15.3 Å². The van der Waals surface area contributed by atoms with Gasteiger partial charge >= 0.3 is 0 Å². The van der Waals surface area contributed by atoms with Crippen LogP contribution in [0.2, 0.25) is 0 Å². The molecule has 154 valence electrons. The first-order valence-electron chi connectivity index (χ1n) is 9.91. The third-order valence-corrected chi connectivity index (χ3v) is 6.60. The van der Waals surface area contributed by atoms with Crippen molar-refractivity contribution >= 4 is 22.7 Å². The van der Waals surface area contributed by atoms with E-state index in [2.05, 4.69) is 38.0 Å². The fourth-order valence-corrected chi connectivity index (χ4v) is 5.86. The van der Waals surface area contributed by atoms with Crippen LogP contribution in [0.15, 0.2) is 35.4 Å². The second-order valence-electron chi connectivity index (χ2n) is 9.53. The summed E-state index contributed by atoms with van der Waals surface area (Å²) in [5, 5.41) is 24.4. The summed E-state index contributed by atoms with van der Waals surface area (Å²) in [6, 6.07) is 6.41. The predicted octanol–water partition coefficient (Wildman–Crippen LogP) is 3.79. The fourth-order valence-electron chi connectivity index (χ4n) is 4.96. The van der Waals surface area contributed by atoms with Crippen LogP contribution in [0, 0.1) is 11.2 Å². The van der Waals surface area contributed by atoms with E-state index in [1.165, 1.54) is 23.5 Å². The van der Waals surface area contributed by atoms with Gasteiger partial charge in [0.2, 0.25) is 0 Å². The number of nitrogens with zero attached hydrogens (tertiary/aromatic N) is 2. The van der Waals surface area contributed by atoms with Gasteiger partial charge in [0.15, 0.2) is 0 Å². The van der Waals surface area contributed by atoms with E-state index in [0.717, 1.165) is 24.1 Å². The van der Waals surface area contributed by atoms with E-state index in [9.17, 15) is 9.50 Å². The molecule has 3 heterocycles. The molecule has 2 aromatic rings. The zero-order valence-corrected chi connectivity index (χ0v) is 18.1. The average molecular weight is 416 g/mol.